The molecule has 2 aliphatic rings. The lowest BCUT2D eigenvalue weighted by atomic mass is 9.35. The maximum absolute atomic E-state index is 6.63. The average molecular weight is 588 g/mol. The molecule has 2 aliphatic heterocycles. The normalized spacial score (nSPS) is 12.7. The molecule has 0 saturated carbocycles. The van der Waals surface area contributed by atoms with Gasteiger partial charge in [0.15, 0.2) is 0 Å². The number of benzene rings is 7. The van der Waals surface area contributed by atoms with Crippen molar-refractivity contribution < 1.29 is 9.47 Å². The Morgan fingerprint density at radius 3 is 1.72 bits per heavy atom. The zero-order chi connectivity index (χ0) is 30.2. The highest BCUT2D eigenvalue weighted by atomic mass is 16.5. The predicted octanol–water partition coefficient (Wildman–Crippen LogP) is 8.24. The van der Waals surface area contributed by atoms with Gasteiger partial charge in [-0.15, -0.1) is 0 Å². The van der Waals surface area contributed by atoms with Gasteiger partial charge in [-0.25, -0.2) is 4.98 Å². The van der Waals surface area contributed by atoms with Gasteiger partial charge >= 0.3 is 0 Å². The van der Waals surface area contributed by atoms with Gasteiger partial charge in [0, 0.05) is 16.7 Å². The number of hydrogen-bond acceptors (Lipinski definition) is 3. The highest BCUT2D eigenvalue weighted by molar-refractivity contribution is 6.98. The summed E-state index contributed by atoms with van der Waals surface area (Å²) in [6.07, 6.45) is 0. The third kappa shape index (κ3) is 3.78. The first-order chi connectivity index (χ1) is 22.8. The van der Waals surface area contributed by atoms with Crippen LogP contribution in [0.2, 0.25) is 0 Å². The molecule has 5 heteroatoms. The van der Waals surface area contributed by atoms with Gasteiger partial charge in [0.1, 0.15) is 28.8 Å². The van der Waals surface area contributed by atoms with E-state index in [1.54, 1.807) is 0 Å². The quantitative estimate of drug-likeness (QED) is 0.195. The second-order valence-corrected chi connectivity index (χ2v) is 12.0. The van der Waals surface area contributed by atoms with Crippen LogP contribution in [0.25, 0.3) is 50.0 Å². The van der Waals surface area contributed by atoms with Crippen LogP contribution in [0.1, 0.15) is 0 Å². The van der Waals surface area contributed by atoms with Crippen molar-refractivity contribution in [3.8, 4) is 51.2 Å². The zero-order valence-corrected chi connectivity index (χ0v) is 24.7. The van der Waals surface area contributed by atoms with E-state index in [2.05, 4.69) is 138 Å². The van der Waals surface area contributed by atoms with Crippen molar-refractivity contribution >= 4 is 44.9 Å². The van der Waals surface area contributed by atoms with Crippen LogP contribution in [-0.2, 0) is 0 Å². The number of nitrogens with zero attached hydrogens (tertiary/aromatic N) is 2. The topological polar surface area (TPSA) is 36.3 Å². The molecular weight excluding hydrogens is 563 g/mol. The molecule has 0 aliphatic carbocycles. The fraction of sp³-hybridized carbons (Fsp3) is 0. The Morgan fingerprint density at radius 1 is 0.478 bits per heavy atom. The minimum atomic E-state index is 0.0311. The van der Waals surface area contributed by atoms with E-state index in [9.17, 15) is 0 Å². The molecule has 214 valence electrons. The molecule has 0 N–H and O–H groups in total. The summed E-state index contributed by atoms with van der Waals surface area (Å²) in [7, 11) is 0. The van der Waals surface area contributed by atoms with Crippen LogP contribution in [0.5, 0.6) is 23.0 Å². The van der Waals surface area contributed by atoms with E-state index in [0.717, 1.165) is 72.9 Å². The van der Waals surface area contributed by atoms with Crippen LogP contribution in [0.15, 0.2) is 152 Å². The number of fused-ring (bicyclic) bond motifs is 6. The lowest BCUT2D eigenvalue weighted by Crippen LogP contribution is -2.57. The van der Waals surface area contributed by atoms with E-state index in [1.807, 2.05) is 18.2 Å². The molecule has 46 heavy (non-hydrogen) atoms. The molecule has 8 aromatic rings. The summed E-state index contributed by atoms with van der Waals surface area (Å²) in [5, 5.41) is 2.33. The first-order valence-electron chi connectivity index (χ1n) is 15.6. The van der Waals surface area contributed by atoms with Crippen LogP contribution in [0, 0.1) is 0 Å². The molecule has 0 bridgehead atoms. The largest absolute Gasteiger partial charge is 0.458 e. The minimum Gasteiger partial charge on any atom is -0.458 e. The number of aromatic nitrogens is 2. The molecule has 1 aromatic heterocycles. The molecule has 0 unspecified atom stereocenters. The molecule has 0 fully saturated rings. The second-order valence-electron chi connectivity index (χ2n) is 12.0. The SMILES string of the molecule is c1ccc(-c2ccc(-n3c(-c4cc5c6c(c4)Oc4ccccc4B6c4ccccc4O5)nc4cc5ccccc5cc43)cc2)cc1. The van der Waals surface area contributed by atoms with Crippen molar-refractivity contribution in [2.24, 2.45) is 0 Å². The fourth-order valence-corrected chi connectivity index (χ4v) is 7.17. The fourth-order valence-electron chi connectivity index (χ4n) is 7.17. The second kappa shape index (κ2) is 9.72. The van der Waals surface area contributed by atoms with Gasteiger partial charge in [-0.1, -0.05) is 103 Å². The summed E-state index contributed by atoms with van der Waals surface area (Å²) in [6.45, 7) is 0.0311. The molecule has 7 aromatic carbocycles. The Balaban J connectivity index is 1.21. The first kappa shape index (κ1) is 25.3. The highest BCUT2D eigenvalue weighted by Gasteiger charge is 2.40. The van der Waals surface area contributed by atoms with Gasteiger partial charge in [-0.05, 0) is 81.4 Å². The molecule has 4 nitrogen and oxygen atoms in total. The third-order valence-corrected chi connectivity index (χ3v) is 9.31. The number of para-hydroxylation sites is 2. The van der Waals surface area contributed by atoms with Gasteiger partial charge in [-0.2, -0.15) is 0 Å². The van der Waals surface area contributed by atoms with Crippen molar-refractivity contribution in [2.75, 3.05) is 0 Å². The molecule has 0 amide bonds. The van der Waals surface area contributed by atoms with E-state index < -0.39 is 0 Å². The van der Waals surface area contributed by atoms with Gasteiger partial charge in [-0.3, -0.25) is 4.57 Å². The third-order valence-electron chi connectivity index (χ3n) is 9.31. The molecule has 0 saturated heterocycles. The summed E-state index contributed by atoms with van der Waals surface area (Å²) in [5.41, 5.74) is 9.66. The average Bonchev–Trinajstić information content (AvgIpc) is 3.49. The van der Waals surface area contributed by atoms with Crippen LogP contribution in [0.4, 0.5) is 0 Å². The van der Waals surface area contributed by atoms with Gasteiger partial charge in [0.25, 0.3) is 6.71 Å². The summed E-state index contributed by atoms with van der Waals surface area (Å²) in [6, 6.07) is 53.0. The van der Waals surface area contributed by atoms with Crippen molar-refractivity contribution in [1.82, 2.24) is 9.55 Å². The van der Waals surface area contributed by atoms with Crippen LogP contribution in [-0.4, -0.2) is 16.3 Å². The smallest absolute Gasteiger partial charge is 0.260 e. The summed E-state index contributed by atoms with van der Waals surface area (Å²) < 4.78 is 15.5. The van der Waals surface area contributed by atoms with E-state index in [4.69, 9.17) is 14.5 Å². The standard InChI is InChI=1S/C41H25BN2O2/c1-2-10-26(11-3-1)27-18-20-31(21-19-27)44-35-23-29-13-5-4-12-28(29)22-34(35)43-41(44)30-24-38-40-39(25-30)46-37-17-9-7-15-33(37)42(40)32-14-6-8-16-36(32)45-38/h1-25H. The Morgan fingerprint density at radius 2 is 1.04 bits per heavy atom. The summed E-state index contributed by atoms with van der Waals surface area (Å²) in [4.78, 5) is 5.29. The van der Waals surface area contributed by atoms with Crippen molar-refractivity contribution in [2.45, 2.75) is 0 Å². The Labute approximate surface area is 266 Å². The lowest BCUT2D eigenvalue weighted by molar-refractivity contribution is 0.465. The van der Waals surface area contributed by atoms with Crippen molar-refractivity contribution in [3.05, 3.63) is 152 Å². The first-order valence-corrected chi connectivity index (χ1v) is 15.6. The highest BCUT2D eigenvalue weighted by Crippen LogP contribution is 2.40. The van der Waals surface area contributed by atoms with Gasteiger partial charge in [0.05, 0.1) is 11.0 Å². The summed E-state index contributed by atoms with van der Waals surface area (Å²) >= 11 is 0. The van der Waals surface area contributed by atoms with E-state index in [0.29, 0.717) is 0 Å². The maximum Gasteiger partial charge on any atom is 0.260 e. The lowest BCUT2D eigenvalue weighted by Gasteiger charge is -2.33. The number of rotatable bonds is 3. The molecular formula is C41H25BN2O2. The maximum atomic E-state index is 6.63. The Hall–Kier alpha value is -6.07. The molecule has 10 rings (SSSR count). The molecule has 0 spiro atoms. The van der Waals surface area contributed by atoms with Crippen molar-refractivity contribution in [1.29, 1.82) is 0 Å². The Bertz CT molecular complexity index is 2410. The van der Waals surface area contributed by atoms with E-state index in [1.165, 1.54) is 16.5 Å². The molecule has 0 atom stereocenters. The Kier molecular flexibility index (Phi) is 5.34. The van der Waals surface area contributed by atoms with Crippen LogP contribution in [0.3, 0.4) is 0 Å². The van der Waals surface area contributed by atoms with E-state index in [-0.39, 0.29) is 6.71 Å². The number of imidazole rings is 1. The van der Waals surface area contributed by atoms with Crippen molar-refractivity contribution in [3.63, 3.8) is 0 Å². The van der Waals surface area contributed by atoms with Gasteiger partial charge in [0.2, 0.25) is 0 Å². The molecule has 3 heterocycles. The van der Waals surface area contributed by atoms with Gasteiger partial charge < -0.3 is 9.47 Å². The predicted molar refractivity (Wildman–Crippen MR) is 187 cm³/mol. The molecule has 0 radical (unpaired) electrons. The zero-order valence-electron chi connectivity index (χ0n) is 24.7. The number of ether oxygens (including phenoxy) is 2. The minimum absolute atomic E-state index is 0.0311. The van der Waals surface area contributed by atoms with Crippen LogP contribution < -0.4 is 25.9 Å². The monoisotopic (exact) mass is 588 g/mol. The van der Waals surface area contributed by atoms with E-state index >= 15 is 0 Å². The number of hydrogen-bond donors (Lipinski definition) is 0. The summed E-state index contributed by atoms with van der Waals surface area (Å²) in [5.74, 6) is 4.17. The van der Waals surface area contributed by atoms with Crippen LogP contribution >= 0.6 is 0 Å².